The molecule has 138 valence electrons. The van der Waals surface area contributed by atoms with Crippen LogP contribution in [0.5, 0.6) is 0 Å². The van der Waals surface area contributed by atoms with Crippen molar-refractivity contribution in [1.82, 2.24) is 4.90 Å². The van der Waals surface area contributed by atoms with Crippen molar-refractivity contribution in [2.75, 3.05) is 13.1 Å². The highest BCUT2D eigenvalue weighted by Gasteiger charge is 2.36. The largest absolute Gasteiger partial charge is 1.00 e. The molecule has 0 aliphatic carbocycles. The third-order valence-corrected chi connectivity index (χ3v) is 4.98. The lowest BCUT2D eigenvalue weighted by Gasteiger charge is -2.31. The van der Waals surface area contributed by atoms with E-state index in [-0.39, 0.29) is 22.5 Å². The predicted octanol–water partition coefficient (Wildman–Crippen LogP) is 1.45. The highest BCUT2D eigenvalue weighted by molar-refractivity contribution is 5.68. The highest BCUT2D eigenvalue weighted by Crippen LogP contribution is 2.31. The van der Waals surface area contributed by atoms with Crippen molar-refractivity contribution in [3.63, 3.8) is 0 Å². The van der Waals surface area contributed by atoms with Gasteiger partial charge in [0.1, 0.15) is 0 Å². The molecule has 0 N–H and O–H groups in total. The predicted molar refractivity (Wildman–Crippen MR) is 89.1 cm³/mol. The van der Waals surface area contributed by atoms with E-state index >= 15 is 0 Å². The zero-order valence-electron chi connectivity index (χ0n) is 14.6. The van der Waals surface area contributed by atoms with Gasteiger partial charge in [-0.05, 0) is 25.0 Å². The first-order valence-electron chi connectivity index (χ1n) is 8.48. The number of rotatable bonds is 3. The third kappa shape index (κ3) is 4.66. The Morgan fingerprint density at radius 2 is 1.68 bits per heavy atom. The van der Waals surface area contributed by atoms with Crippen molar-refractivity contribution in [3.05, 3.63) is 47.2 Å². The highest BCUT2D eigenvalue weighted by atomic mass is 79.9. The summed E-state index contributed by atoms with van der Waals surface area (Å²) in [7, 11) is 0. The Morgan fingerprint density at radius 3 is 2.20 bits per heavy atom. The lowest BCUT2D eigenvalue weighted by Crippen LogP contribution is -3.00. The van der Waals surface area contributed by atoms with E-state index in [2.05, 4.69) is 35.6 Å². The van der Waals surface area contributed by atoms with Gasteiger partial charge >= 0.3 is 6.18 Å². The number of likely N-dealkylation sites (tertiary alicyclic amines) is 1. The summed E-state index contributed by atoms with van der Waals surface area (Å²) in [5, 5.41) is 0. The smallest absolute Gasteiger partial charge is 0.416 e. The van der Waals surface area contributed by atoms with Crippen molar-refractivity contribution in [2.24, 2.45) is 0 Å². The van der Waals surface area contributed by atoms with Gasteiger partial charge < -0.3 is 21.9 Å². The van der Waals surface area contributed by atoms with E-state index in [1.54, 1.807) is 12.1 Å². The molecule has 1 aromatic rings. The molecule has 2 heterocycles. The molecule has 0 unspecified atom stereocenters. The zero-order chi connectivity index (χ0) is 17.4. The van der Waals surface area contributed by atoms with Crippen LogP contribution in [0.2, 0.25) is 0 Å². The number of hydrogen-bond donors (Lipinski definition) is 0. The van der Waals surface area contributed by atoms with Gasteiger partial charge in [0, 0.05) is 44.3 Å². The molecule has 0 bridgehead atoms. The summed E-state index contributed by atoms with van der Waals surface area (Å²) in [6.07, 6.45) is 3.46. The van der Waals surface area contributed by atoms with E-state index < -0.39 is 11.7 Å². The first-order valence-corrected chi connectivity index (χ1v) is 8.48. The number of nitrogens with zero attached hydrogens (tertiary/aromatic N) is 2. The summed E-state index contributed by atoms with van der Waals surface area (Å²) in [6, 6.07) is 5.48. The minimum atomic E-state index is -4.28. The van der Waals surface area contributed by atoms with Crippen LogP contribution < -0.4 is 17.0 Å². The van der Waals surface area contributed by atoms with Gasteiger partial charge in [-0.15, -0.1) is 0 Å². The van der Waals surface area contributed by atoms with Gasteiger partial charge in [0.05, 0.1) is 12.0 Å². The maximum absolute atomic E-state index is 12.7. The molecule has 0 atom stereocenters. The molecule has 2 aliphatic rings. The fourth-order valence-corrected chi connectivity index (χ4v) is 3.47. The third-order valence-electron chi connectivity index (χ3n) is 4.98. The lowest BCUT2D eigenvalue weighted by molar-refractivity contribution is -0.612. The second-order valence-electron chi connectivity index (χ2n) is 7.31. The Labute approximate surface area is 157 Å². The Bertz CT molecular complexity index is 654. The topological polar surface area (TPSA) is 6.25 Å². The molecule has 2 nitrogen and oxygen atoms in total. The molecule has 1 saturated heterocycles. The molecule has 2 aliphatic heterocycles. The van der Waals surface area contributed by atoms with Gasteiger partial charge in [-0.2, -0.15) is 13.2 Å². The van der Waals surface area contributed by atoms with Gasteiger partial charge in [0.25, 0.3) is 0 Å². The Hall–Kier alpha value is -1.30. The monoisotopic (exact) mass is 416 g/mol. The van der Waals surface area contributed by atoms with E-state index in [4.69, 9.17) is 0 Å². The zero-order valence-corrected chi connectivity index (χ0v) is 16.2. The van der Waals surface area contributed by atoms with Crippen LogP contribution >= 0.6 is 0 Å². The number of alkyl halides is 3. The normalized spacial score (nSPS) is 20.0. The van der Waals surface area contributed by atoms with Crippen molar-refractivity contribution < 1.29 is 34.7 Å². The Balaban J connectivity index is 0.00000225. The average Bonchev–Trinajstić information content (AvgIpc) is 3.03. The van der Waals surface area contributed by atoms with E-state index in [9.17, 15) is 13.2 Å². The Morgan fingerprint density at radius 1 is 1.08 bits per heavy atom. The second-order valence-corrected chi connectivity index (χ2v) is 7.31. The van der Waals surface area contributed by atoms with Gasteiger partial charge in [0.15, 0.2) is 18.3 Å². The minimum Gasteiger partial charge on any atom is -1.00 e. The summed E-state index contributed by atoms with van der Waals surface area (Å²) in [6.45, 7) is 7.27. The van der Waals surface area contributed by atoms with Crippen molar-refractivity contribution in [3.8, 4) is 0 Å². The van der Waals surface area contributed by atoms with E-state index in [0.29, 0.717) is 6.54 Å². The molecule has 0 radical (unpaired) electrons. The summed E-state index contributed by atoms with van der Waals surface area (Å²) in [5.74, 6) is 0. The quantitative estimate of drug-likeness (QED) is 0.676. The van der Waals surface area contributed by atoms with Crippen molar-refractivity contribution in [1.29, 1.82) is 0 Å². The van der Waals surface area contributed by atoms with Crippen LogP contribution in [0.25, 0.3) is 0 Å². The Kier molecular flexibility index (Phi) is 6.02. The number of allylic oxidation sites excluding steroid dienone is 1. The van der Waals surface area contributed by atoms with E-state index in [0.717, 1.165) is 37.2 Å². The average molecular weight is 417 g/mol. The molecule has 0 aromatic heterocycles. The summed E-state index contributed by atoms with van der Waals surface area (Å²) in [5.41, 5.74) is 1.63. The van der Waals surface area contributed by atoms with Crippen LogP contribution in [0.1, 0.15) is 44.2 Å². The van der Waals surface area contributed by atoms with Crippen molar-refractivity contribution in [2.45, 2.75) is 51.4 Å². The fraction of sp³-hybridized carbons (Fsp3) is 0.526. The minimum absolute atomic E-state index is 0. The molecule has 25 heavy (non-hydrogen) atoms. The van der Waals surface area contributed by atoms with Crippen LogP contribution in [0.15, 0.2) is 36.0 Å². The molecule has 0 spiro atoms. The molecule has 1 aromatic carbocycles. The first kappa shape index (κ1) is 20.0. The van der Waals surface area contributed by atoms with E-state index in [1.807, 2.05) is 0 Å². The SMILES string of the molecule is CC1(C)CC(N2CCCC2)=CC=[N+]1Cc1ccc(C(F)(F)F)cc1.[Br-]. The second kappa shape index (κ2) is 7.52. The number of benzene rings is 1. The van der Waals surface area contributed by atoms with Crippen molar-refractivity contribution >= 4 is 6.21 Å². The van der Waals surface area contributed by atoms with Crippen LogP contribution in [-0.2, 0) is 12.7 Å². The summed E-state index contributed by atoms with van der Waals surface area (Å²) in [4.78, 5) is 2.45. The van der Waals surface area contributed by atoms with E-state index in [1.165, 1.54) is 18.5 Å². The van der Waals surface area contributed by atoms with Crippen LogP contribution in [-0.4, -0.2) is 34.3 Å². The molecule has 1 fully saturated rings. The van der Waals surface area contributed by atoms with Gasteiger partial charge in [-0.25, -0.2) is 4.58 Å². The maximum atomic E-state index is 12.7. The lowest BCUT2D eigenvalue weighted by atomic mass is 9.93. The summed E-state index contributed by atoms with van der Waals surface area (Å²) >= 11 is 0. The molecule has 6 heteroatoms. The standard InChI is InChI=1S/C19H24F3N2.BrH/c1-18(2)13-17(23-10-3-4-11-23)9-12-24(18)14-15-5-7-16(8-6-15)19(20,21)22;/h5-9,12H,3-4,10-11,13-14H2,1-2H3;1H/q+1;/p-1. The first-order chi connectivity index (χ1) is 11.3. The van der Waals surface area contributed by atoms with Crippen LogP contribution in [0.4, 0.5) is 13.2 Å². The number of halogens is 4. The molecule has 3 rings (SSSR count). The number of hydrogen-bond acceptors (Lipinski definition) is 1. The van der Waals surface area contributed by atoms with Crippen LogP contribution in [0.3, 0.4) is 0 Å². The molecular weight excluding hydrogens is 393 g/mol. The molecule has 0 saturated carbocycles. The fourth-order valence-electron chi connectivity index (χ4n) is 3.47. The van der Waals surface area contributed by atoms with Gasteiger partial charge in [-0.3, -0.25) is 0 Å². The summed E-state index contributed by atoms with van der Waals surface area (Å²) < 4.78 is 40.2. The molecule has 0 amide bonds. The van der Waals surface area contributed by atoms with Crippen LogP contribution in [0, 0.1) is 0 Å². The maximum Gasteiger partial charge on any atom is 0.416 e. The van der Waals surface area contributed by atoms with Gasteiger partial charge in [-0.1, -0.05) is 12.1 Å². The van der Waals surface area contributed by atoms with Gasteiger partial charge in [0.2, 0.25) is 0 Å². The molecular formula is C19H24BrF3N2.